The first kappa shape index (κ1) is 18.2. The van der Waals surface area contributed by atoms with Gasteiger partial charge in [0.05, 0.1) is 0 Å². The van der Waals surface area contributed by atoms with Crippen LogP contribution in [0.2, 0.25) is 0 Å². The summed E-state index contributed by atoms with van der Waals surface area (Å²) in [6.45, 7) is 6.68. The fourth-order valence-electron chi connectivity index (χ4n) is 4.73. The number of aromatic carboxylic acids is 1. The Morgan fingerprint density at radius 1 is 1.27 bits per heavy atom. The molecule has 3 nitrogen and oxygen atoms in total. The predicted molar refractivity (Wildman–Crippen MR) is 108 cm³/mol. The molecule has 1 aromatic rings. The molecule has 0 aromatic carbocycles. The maximum atomic E-state index is 12.0. The minimum atomic E-state index is -0.747. The van der Waals surface area contributed by atoms with Crippen molar-refractivity contribution in [2.24, 2.45) is 11.8 Å². The molecule has 4 heteroatoms. The van der Waals surface area contributed by atoms with Gasteiger partial charge in [-0.15, -0.1) is 11.3 Å². The molecule has 0 spiro atoms. The van der Waals surface area contributed by atoms with E-state index in [-0.39, 0.29) is 5.41 Å². The van der Waals surface area contributed by atoms with Crippen molar-refractivity contribution in [2.45, 2.75) is 64.2 Å². The Bertz CT molecular complexity index is 735. The number of thiophene rings is 1. The van der Waals surface area contributed by atoms with Gasteiger partial charge in [0.25, 0.3) is 0 Å². The number of hydrogen-bond donors (Lipinski definition) is 1. The van der Waals surface area contributed by atoms with Crippen LogP contribution in [0.25, 0.3) is 5.57 Å². The van der Waals surface area contributed by atoms with Crippen LogP contribution >= 0.6 is 11.3 Å². The SMILES string of the molecule is CC1CCC(C2=C(c3cc(C4(C)CC4)sc3C(=O)O)CCN(C)C2)CC1. The molecule has 4 rings (SSSR count). The second-order valence-corrected chi connectivity index (χ2v) is 10.2. The zero-order chi connectivity index (χ0) is 18.5. The highest BCUT2D eigenvalue weighted by Gasteiger charge is 2.42. The lowest BCUT2D eigenvalue weighted by molar-refractivity contribution is 0.0702. The minimum Gasteiger partial charge on any atom is -0.477 e. The molecule has 26 heavy (non-hydrogen) atoms. The van der Waals surface area contributed by atoms with E-state index in [0.717, 1.165) is 31.0 Å². The highest BCUT2D eigenvalue weighted by Crippen LogP contribution is 2.52. The van der Waals surface area contributed by atoms with Crippen molar-refractivity contribution in [1.82, 2.24) is 4.90 Å². The molecule has 1 aliphatic heterocycles. The third-order valence-electron chi connectivity index (χ3n) is 6.93. The van der Waals surface area contributed by atoms with Crippen molar-refractivity contribution in [3.63, 3.8) is 0 Å². The Labute approximate surface area is 161 Å². The Morgan fingerprint density at radius 2 is 1.96 bits per heavy atom. The molecular formula is C22H31NO2S. The largest absolute Gasteiger partial charge is 0.477 e. The van der Waals surface area contributed by atoms with Gasteiger partial charge >= 0.3 is 5.97 Å². The maximum Gasteiger partial charge on any atom is 0.346 e. The molecule has 1 aromatic heterocycles. The third kappa shape index (κ3) is 3.38. The van der Waals surface area contributed by atoms with E-state index in [1.54, 1.807) is 5.57 Å². The fourth-order valence-corrected chi connectivity index (χ4v) is 5.95. The number of carboxylic acid groups (broad SMARTS) is 1. The molecule has 0 saturated heterocycles. The smallest absolute Gasteiger partial charge is 0.346 e. The van der Waals surface area contributed by atoms with E-state index >= 15 is 0 Å². The molecule has 0 radical (unpaired) electrons. The Balaban J connectivity index is 1.76. The van der Waals surface area contributed by atoms with Crippen LogP contribution in [0.3, 0.4) is 0 Å². The van der Waals surface area contributed by atoms with E-state index in [1.807, 2.05) is 0 Å². The van der Waals surface area contributed by atoms with Crippen molar-refractivity contribution in [3.8, 4) is 0 Å². The van der Waals surface area contributed by atoms with Gasteiger partial charge < -0.3 is 10.0 Å². The fraction of sp³-hybridized carbons (Fsp3) is 0.682. The van der Waals surface area contributed by atoms with Crippen molar-refractivity contribution in [1.29, 1.82) is 0 Å². The van der Waals surface area contributed by atoms with Gasteiger partial charge in [0.2, 0.25) is 0 Å². The number of likely N-dealkylation sites (N-methyl/N-ethyl adjacent to an activating group) is 1. The van der Waals surface area contributed by atoms with Gasteiger partial charge in [-0.2, -0.15) is 0 Å². The van der Waals surface area contributed by atoms with Gasteiger partial charge in [0, 0.05) is 28.9 Å². The van der Waals surface area contributed by atoms with Gasteiger partial charge in [0.15, 0.2) is 0 Å². The van der Waals surface area contributed by atoms with Crippen molar-refractivity contribution in [3.05, 3.63) is 27.0 Å². The van der Waals surface area contributed by atoms with Crippen LogP contribution in [0.5, 0.6) is 0 Å². The second kappa shape index (κ2) is 6.79. The summed E-state index contributed by atoms with van der Waals surface area (Å²) in [5.41, 5.74) is 4.19. The van der Waals surface area contributed by atoms with Gasteiger partial charge in [-0.3, -0.25) is 0 Å². The zero-order valence-corrected chi connectivity index (χ0v) is 17.1. The molecule has 142 valence electrons. The molecule has 0 bridgehead atoms. The van der Waals surface area contributed by atoms with Crippen LogP contribution in [0, 0.1) is 11.8 Å². The lowest BCUT2D eigenvalue weighted by Gasteiger charge is -2.35. The maximum absolute atomic E-state index is 12.0. The highest BCUT2D eigenvalue weighted by molar-refractivity contribution is 7.14. The van der Waals surface area contributed by atoms with Crippen molar-refractivity contribution >= 4 is 22.9 Å². The summed E-state index contributed by atoms with van der Waals surface area (Å²) in [4.78, 5) is 16.3. The first-order valence-electron chi connectivity index (χ1n) is 10.2. The molecule has 0 atom stereocenters. The quantitative estimate of drug-likeness (QED) is 0.767. The average Bonchev–Trinajstić information content (AvgIpc) is 3.19. The summed E-state index contributed by atoms with van der Waals surface area (Å²) >= 11 is 1.53. The van der Waals surface area contributed by atoms with E-state index in [9.17, 15) is 9.90 Å². The number of rotatable bonds is 4. The van der Waals surface area contributed by atoms with Crippen LogP contribution in [0.4, 0.5) is 0 Å². The van der Waals surface area contributed by atoms with Crippen LogP contribution < -0.4 is 0 Å². The van der Waals surface area contributed by atoms with Gasteiger partial charge in [-0.05, 0) is 68.2 Å². The second-order valence-electron chi connectivity index (χ2n) is 9.17. The third-order valence-corrected chi connectivity index (χ3v) is 8.36. The number of carbonyl (C=O) groups is 1. The summed E-state index contributed by atoms with van der Waals surface area (Å²) in [5, 5.41) is 9.86. The summed E-state index contributed by atoms with van der Waals surface area (Å²) in [6, 6.07) is 2.24. The standard InChI is InChI=1S/C22H31NO2S/c1-14-4-6-15(7-5-14)18-13-23(3)11-8-16(18)17-12-19(22(2)9-10-22)26-20(17)21(24)25/h12,14-15H,4-11,13H2,1-3H3,(H,24,25). The average molecular weight is 374 g/mol. The van der Waals surface area contributed by atoms with E-state index in [1.165, 1.54) is 60.3 Å². The van der Waals surface area contributed by atoms with E-state index in [4.69, 9.17) is 0 Å². The monoisotopic (exact) mass is 373 g/mol. The Morgan fingerprint density at radius 3 is 2.58 bits per heavy atom. The summed E-state index contributed by atoms with van der Waals surface area (Å²) in [6.07, 6.45) is 8.54. The molecule has 1 N–H and O–H groups in total. The minimum absolute atomic E-state index is 0.236. The molecule has 0 amide bonds. The van der Waals surface area contributed by atoms with Crippen molar-refractivity contribution in [2.75, 3.05) is 20.1 Å². The summed E-state index contributed by atoms with van der Waals surface area (Å²) < 4.78 is 0. The first-order chi connectivity index (χ1) is 12.4. The molecule has 2 heterocycles. The Hall–Kier alpha value is -1.13. The van der Waals surface area contributed by atoms with E-state index in [2.05, 4.69) is 31.9 Å². The molecule has 2 saturated carbocycles. The number of nitrogens with zero attached hydrogens (tertiary/aromatic N) is 1. The lowest BCUT2D eigenvalue weighted by Crippen LogP contribution is -2.31. The highest BCUT2D eigenvalue weighted by atomic mass is 32.1. The topological polar surface area (TPSA) is 40.5 Å². The summed E-state index contributed by atoms with van der Waals surface area (Å²) in [5.74, 6) is 0.739. The van der Waals surface area contributed by atoms with Crippen LogP contribution in [-0.2, 0) is 5.41 Å². The molecule has 3 aliphatic rings. The van der Waals surface area contributed by atoms with Gasteiger partial charge in [-0.1, -0.05) is 26.7 Å². The summed E-state index contributed by atoms with van der Waals surface area (Å²) in [7, 11) is 2.20. The van der Waals surface area contributed by atoms with Crippen LogP contribution in [0.1, 0.15) is 78.9 Å². The predicted octanol–water partition coefficient (Wildman–Crippen LogP) is 5.41. The normalized spacial score (nSPS) is 29.0. The molecule has 2 aliphatic carbocycles. The number of carboxylic acids is 1. The van der Waals surface area contributed by atoms with E-state index in [0.29, 0.717) is 10.8 Å². The molecule has 0 unspecified atom stereocenters. The molecular weight excluding hydrogens is 342 g/mol. The zero-order valence-electron chi connectivity index (χ0n) is 16.3. The van der Waals surface area contributed by atoms with Crippen LogP contribution in [-0.4, -0.2) is 36.1 Å². The molecule has 2 fully saturated rings. The van der Waals surface area contributed by atoms with Gasteiger partial charge in [0.1, 0.15) is 4.88 Å². The first-order valence-corrected chi connectivity index (χ1v) is 11.0. The lowest BCUT2D eigenvalue weighted by atomic mass is 9.75. The van der Waals surface area contributed by atoms with E-state index < -0.39 is 5.97 Å². The Kier molecular flexibility index (Phi) is 4.77. The van der Waals surface area contributed by atoms with Gasteiger partial charge in [-0.25, -0.2) is 4.79 Å². The van der Waals surface area contributed by atoms with Crippen molar-refractivity contribution < 1.29 is 9.90 Å². The number of hydrogen-bond acceptors (Lipinski definition) is 3. The van der Waals surface area contributed by atoms with Crippen LogP contribution in [0.15, 0.2) is 11.6 Å².